The van der Waals surface area contributed by atoms with Gasteiger partial charge in [-0.3, -0.25) is 4.79 Å². The molecule has 1 aliphatic rings. The van der Waals surface area contributed by atoms with E-state index in [4.69, 9.17) is 5.73 Å². The van der Waals surface area contributed by atoms with Crippen LogP contribution in [0, 0.1) is 12.7 Å². The lowest BCUT2D eigenvalue weighted by atomic mass is 10.0. The Kier molecular flexibility index (Phi) is 2.86. The van der Waals surface area contributed by atoms with Crippen LogP contribution < -0.4 is 5.73 Å². The molecule has 0 unspecified atom stereocenters. The van der Waals surface area contributed by atoms with Crippen LogP contribution in [0.3, 0.4) is 0 Å². The molecule has 0 radical (unpaired) electrons. The number of aromatic nitrogens is 1. The summed E-state index contributed by atoms with van der Waals surface area (Å²) >= 11 is 1.35. The molecule has 0 bridgehead atoms. The fourth-order valence-corrected chi connectivity index (χ4v) is 3.71. The van der Waals surface area contributed by atoms with Crippen LogP contribution in [-0.4, -0.2) is 10.9 Å². The van der Waals surface area contributed by atoms with Crippen LogP contribution in [0.2, 0.25) is 0 Å². The van der Waals surface area contributed by atoms with E-state index in [-0.39, 0.29) is 11.7 Å². The summed E-state index contributed by atoms with van der Waals surface area (Å²) in [5.74, 6) is -0.474. The van der Waals surface area contributed by atoms with Crippen LogP contribution in [0.5, 0.6) is 0 Å². The predicted molar refractivity (Wildman–Crippen MR) is 71.9 cm³/mol. The van der Waals surface area contributed by atoms with Crippen molar-refractivity contribution in [2.45, 2.75) is 25.7 Å². The predicted octanol–water partition coefficient (Wildman–Crippen LogP) is 2.77. The molecule has 98 valence electrons. The molecule has 1 aliphatic carbocycles. The van der Waals surface area contributed by atoms with Crippen LogP contribution in [0.25, 0.3) is 0 Å². The lowest BCUT2D eigenvalue weighted by Gasteiger charge is -2.07. The lowest BCUT2D eigenvalue weighted by Crippen LogP contribution is -2.09. The summed E-state index contributed by atoms with van der Waals surface area (Å²) in [7, 11) is 0. The number of aryl methyl sites for hydroxylation is 2. The van der Waals surface area contributed by atoms with E-state index in [1.165, 1.54) is 17.4 Å². The van der Waals surface area contributed by atoms with E-state index in [0.717, 1.165) is 29.0 Å². The van der Waals surface area contributed by atoms with E-state index in [2.05, 4.69) is 4.98 Å². The number of amides is 1. The zero-order chi connectivity index (χ0) is 13.6. The smallest absolute Gasteiger partial charge is 0.260 e. The number of nitrogens with zero attached hydrogens (tertiary/aromatic N) is 1. The molecule has 0 aliphatic heterocycles. The minimum Gasteiger partial charge on any atom is -0.365 e. The third-order valence-electron chi connectivity index (χ3n) is 3.52. The lowest BCUT2D eigenvalue weighted by molar-refractivity contribution is 0.100. The highest BCUT2D eigenvalue weighted by molar-refractivity contribution is 7.13. The third-order valence-corrected chi connectivity index (χ3v) is 4.80. The summed E-state index contributed by atoms with van der Waals surface area (Å²) in [6, 6.07) is 4.89. The van der Waals surface area contributed by atoms with Crippen molar-refractivity contribution in [1.82, 2.24) is 4.98 Å². The number of fused-ring (bicyclic) bond motifs is 1. The number of halogens is 1. The van der Waals surface area contributed by atoms with E-state index < -0.39 is 5.91 Å². The quantitative estimate of drug-likeness (QED) is 0.917. The Labute approximate surface area is 114 Å². The van der Waals surface area contributed by atoms with Crippen LogP contribution in [0.1, 0.15) is 43.8 Å². The highest BCUT2D eigenvalue weighted by Gasteiger charge is 2.28. The molecule has 0 spiro atoms. The highest BCUT2D eigenvalue weighted by Crippen LogP contribution is 2.40. The van der Waals surface area contributed by atoms with Gasteiger partial charge in [-0.1, -0.05) is 6.07 Å². The Morgan fingerprint density at radius 3 is 3.00 bits per heavy atom. The number of nitrogens with two attached hydrogens (primary N) is 1. The Bertz CT molecular complexity index is 665. The number of hydrogen-bond donors (Lipinski definition) is 1. The molecular weight excluding hydrogens is 263 g/mol. The maximum absolute atomic E-state index is 13.2. The van der Waals surface area contributed by atoms with Crippen molar-refractivity contribution in [3.8, 4) is 0 Å². The van der Waals surface area contributed by atoms with E-state index in [1.807, 2.05) is 6.07 Å². The monoisotopic (exact) mass is 276 g/mol. The molecule has 3 rings (SSSR count). The molecule has 0 saturated carbocycles. The van der Waals surface area contributed by atoms with Crippen molar-refractivity contribution >= 4 is 17.2 Å². The molecule has 1 heterocycles. The average Bonchev–Trinajstić information content (AvgIpc) is 2.91. The first kappa shape index (κ1) is 12.3. The van der Waals surface area contributed by atoms with Crippen LogP contribution >= 0.6 is 11.3 Å². The van der Waals surface area contributed by atoms with Gasteiger partial charge in [-0.05, 0) is 43.0 Å². The van der Waals surface area contributed by atoms with Gasteiger partial charge in [-0.15, -0.1) is 11.3 Å². The molecule has 0 fully saturated rings. The van der Waals surface area contributed by atoms with Gasteiger partial charge in [0.1, 0.15) is 15.7 Å². The zero-order valence-electron chi connectivity index (χ0n) is 10.4. The number of carbonyl (C=O) groups is 1. The second-order valence-electron chi connectivity index (χ2n) is 4.77. The maximum atomic E-state index is 13.2. The number of rotatable bonds is 2. The van der Waals surface area contributed by atoms with E-state index in [0.29, 0.717) is 10.6 Å². The number of hydrogen-bond acceptors (Lipinski definition) is 3. The summed E-state index contributed by atoms with van der Waals surface area (Å²) in [6.07, 6.45) is 1.76. The molecule has 5 heteroatoms. The number of carbonyl (C=O) groups excluding carboxylic acids is 1. The standard InChI is InChI=1S/C14H13FN2OS/c1-7-12(13(16)18)19-14(17-7)11-4-2-8-6-9(15)3-5-10(8)11/h3,5-6,11H,2,4H2,1H3,(H2,16,18)/t11-/m1/s1. The van der Waals surface area contributed by atoms with Crippen molar-refractivity contribution < 1.29 is 9.18 Å². The molecule has 2 aromatic rings. The molecular formula is C14H13FN2OS. The van der Waals surface area contributed by atoms with Gasteiger partial charge in [0.15, 0.2) is 0 Å². The Morgan fingerprint density at radius 2 is 2.32 bits per heavy atom. The van der Waals surface area contributed by atoms with Gasteiger partial charge in [0.25, 0.3) is 5.91 Å². The van der Waals surface area contributed by atoms with E-state index in [9.17, 15) is 9.18 Å². The molecule has 1 aromatic heterocycles. The first-order chi connectivity index (χ1) is 9.06. The molecule has 1 aromatic carbocycles. The number of primary amides is 1. The topological polar surface area (TPSA) is 56.0 Å². The van der Waals surface area contributed by atoms with E-state index >= 15 is 0 Å². The van der Waals surface area contributed by atoms with Crippen molar-refractivity contribution in [3.63, 3.8) is 0 Å². The molecule has 1 amide bonds. The summed E-state index contributed by atoms with van der Waals surface area (Å²) in [5.41, 5.74) is 8.16. The summed E-state index contributed by atoms with van der Waals surface area (Å²) in [6.45, 7) is 1.79. The van der Waals surface area contributed by atoms with Gasteiger partial charge >= 0.3 is 0 Å². The first-order valence-electron chi connectivity index (χ1n) is 6.11. The normalized spacial score (nSPS) is 17.5. The maximum Gasteiger partial charge on any atom is 0.260 e. The van der Waals surface area contributed by atoms with Crippen molar-refractivity contribution in [3.05, 3.63) is 50.7 Å². The average molecular weight is 276 g/mol. The molecule has 1 atom stereocenters. The molecule has 19 heavy (non-hydrogen) atoms. The Balaban J connectivity index is 2.02. The summed E-state index contributed by atoms with van der Waals surface area (Å²) in [5, 5.41) is 0.900. The van der Waals surface area contributed by atoms with Gasteiger partial charge in [0.2, 0.25) is 0 Å². The largest absolute Gasteiger partial charge is 0.365 e. The van der Waals surface area contributed by atoms with Crippen LogP contribution in [0.15, 0.2) is 18.2 Å². The number of thiazole rings is 1. The Morgan fingerprint density at radius 1 is 1.53 bits per heavy atom. The van der Waals surface area contributed by atoms with E-state index in [1.54, 1.807) is 13.0 Å². The third kappa shape index (κ3) is 2.04. The van der Waals surface area contributed by atoms with Gasteiger partial charge in [0.05, 0.1) is 5.69 Å². The van der Waals surface area contributed by atoms with Crippen LogP contribution in [-0.2, 0) is 6.42 Å². The van der Waals surface area contributed by atoms with Crippen molar-refractivity contribution in [2.75, 3.05) is 0 Å². The molecule has 0 saturated heterocycles. The highest BCUT2D eigenvalue weighted by atomic mass is 32.1. The SMILES string of the molecule is Cc1nc([C@@H]2CCc3cc(F)ccc32)sc1C(N)=O. The van der Waals surface area contributed by atoms with Gasteiger partial charge in [-0.25, -0.2) is 9.37 Å². The van der Waals surface area contributed by atoms with Gasteiger partial charge in [-0.2, -0.15) is 0 Å². The molecule has 3 nitrogen and oxygen atoms in total. The minimum absolute atomic E-state index is 0.160. The number of benzene rings is 1. The molecule has 2 N–H and O–H groups in total. The minimum atomic E-state index is -0.432. The van der Waals surface area contributed by atoms with Crippen molar-refractivity contribution in [2.24, 2.45) is 5.73 Å². The fourth-order valence-electron chi connectivity index (χ4n) is 2.64. The summed E-state index contributed by atoms with van der Waals surface area (Å²) < 4.78 is 13.2. The summed E-state index contributed by atoms with van der Waals surface area (Å²) in [4.78, 5) is 16.3. The van der Waals surface area contributed by atoms with Gasteiger partial charge in [0, 0.05) is 5.92 Å². The zero-order valence-corrected chi connectivity index (χ0v) is 11.3. The van der Waals surface area contributed by atoms with Gasteiger partial charge < -0.3 is 5.73 Å². The Hall–Kier alpha value is -1.75. The fraction of sp³-hybridized carbons (Fsp3) is 0.286. The van der Waals surface area contributed by atoms with Crippen molar-refractivity contribution in [1.29, 1.82) is 0 Å². The second-order valence-corrected chi connectivity index (χ2v) is 5.80. The first-order valence-corrected chi connectivity index (χ1v) is 6.93. The second kappa shape index (κ2) is 4.42. The van der Waals surface area contributed by atoms with Crippen LogP contribution in [0.4, 0.5) is 4.39 Å².